The Hall–Kier alpha value is -2.36. The van der Waals surface area contributed by atoms with Gasteiger partial charge >= 0.3 is 0 Å². The first-order valence-corrected chi connectivity index (χ1v) is 11.5. The number of hydrogen-bond acceptors (Lipinski definition) is 8. The van der Waals surface area contributed by atoms with Crippen molar-refractivity contribution >= 4 is 28.9 Å². The summed E-state index contributed by atoms with van der Waals surface area (Å²) in [5.41, 5.74) is 8.56. The summed E-state index contributed by atoms with van der Waals surface area (Å²) in [5.74, 6) is 1.19. The summed E-state index contributed by atoms with van der Waals surface area (Å²) in [6, 6.07) is 9.27. The number of ether oxygens (including phenoxy) is 1. The van der Waals surface area contributed by atoms with Gasteiger partial charge in [0.25, 0.3) is 5.89 Å². The lowest BCUT2D eigenvalue weighted by Gasteiger charge is -2.31. The lowest BCUT2D eigenvalue weighted by atomic mass is 10.0. The van der Waals surface area contributed by atoms with E-state index in [-0.39, 0.29) is 13.2 Å². The third-order valence-corrected chi connectivity index (χ3v) is 6.15. The number of aliphatic hydroxyl groups is 2. The average molecular weight is 493 g/mol. The van der Waals surface area contributed by atoms with E-state index in [1.54, 1.807) is 12.1 Å². The first kappa shape index (κ1) is 23.8. The van der Waals surface area contributed by atoms with E-state index >= 15 is 0 Å². The molecule has 0 radical (unpaired) electrons. The van der Waals surface area contributed by atoms with E-state index in [1.165, 1.54) is 0 Å². The Morgan fingerprint density at radius 2 is 1.88 bits per heavy atom. The van der Waals surface area contributed by atoms with Gasteiger partial charge in [0.05, 0.1) is 35.4 Å². The summed E-state index contributed by atoms with van der Waals surface area (Å²) in [5, 5.41) is 23.9. The number of nitrogens with zero attached hydrogens (tertiary/aromatic N) is 3. The molecule has 2 aromatic carbocycles. The van der Waals surface area contributed by atoms with Crippen molar-refractivity contribution in [2.24, 2.45) is 5.73 Å². The fourth-order valence-corrected chi connectivity index (χ4v) is 4.38. The Morgan fingerprint density at radius 1 is 1.15 bits per heavy atom. The van der Waals surface area contributed by atoms with Gasteiger partial charge in [-0.1, -0.05) is 35.3 Å². The molecule has 0 spiro atoms. The van der Waals surface area contributed by atoms with Crippen LogP contribution < -0.4 is 15.4 Å². The molecule has 1 aliphatic rings. The van der Waals surface area contributed by atoms with Crippen LogP contribution in [-0.4, -0.2) is 58.8 Å². The first-order chi connectivity index (χ1) is 15.9. The Labute approximate surface area is 201 Å². The predicted molar refractivity (Wildman–Crippen MR) is 128 cm³/mol. The lowest BCUT2D eigenvalue weighted by molar-refractivity contribution is 0.125. The molecule has 0 amide bonds. The molecule has 1 aliphatic heterocycles. The molecule has 0 saturated heterocycles. The summed E-state index contributed by atoms with van der Waals surface area (Å²) in [7, 11) is 0. The van der Waals surface area contributed by atoms with Crippen molar-refractivity contribution in [1.82, 2.24) is 10.1 Å². The van der Waals surface area contributed by atoms with Crippen LogP contribution in [0.15, 0.2) is 34.9 Å². The van der Waals surface area contributed by atoms with Gasteiger partial charge in [-0.15, -0.1) is 0 Å². The highest BCUT2D eigenvalue weighted by Crippen LogP contribution is 2.38. The molecule has 3 aromatic rings. The van der Waals surface area contributed by atoms with Gasteiger partial charge in [0.15, 0.2) is 5.75 Å². The first-order valence-electron chi connectivity index (χ1n) is 10.7. The van der Waals surface area contributed by atoms with Gasteiger partial charge in [0, 0.05) is 29.9 Å². The van der Waals surface area contributed by atoms with Crippen LogP contribution in [-0.2, 0) is 6.42 Å². The summed E-state index contributed by atoms with van der Waals surface area (Å²) in [4.78, 5) is 6.59. The minimum absolute atomic E-state index is 0.293. The molecule has 10 heteroatoms. The van der Waals surface area contributed by atoms with Crippen LogP contribution in [0.1, 0.15) is 18.9 Å². The molecule has 4 rings (SSSR count). The second kappa shape index (κ2) is 9.87. The molecule has 33 heavy (non-hydrogen) atoms. The number of fused-ring (bicyclic) bond motifs is 1. The highest BCUT2D eigenvalue weighted by molar-refractivity contribution is 6.37. The molecule has 0 saturated carbocycles. The molecular weight excluding hydrogens is 467 g/mol. The number of aliphatic hydroxyl groups excluding tert-OH is 2. The van der Waals surface area contributed by atoms with Gasteiger partial charge < -0.3 is 30.1 Å². The van der Waals surface area contributed by atoms with Crippen molar-refractivity contribution in [1.29, 1.82) is 0 Å². The number of halogens is 2. The number of aromatic nitrogens is 2. The smallest absolute Gasteiger partial charge is 0.258 e. The average Bonchev–Trinajstić information content (AvgIpc) is 3.46. The lowest BCUT2D eigenvalue weighted by Crippen LogP contribution is -2.55. The molecule has 1 aromatic heterocycles. The van der Waals surface area contributed by atoms with Crippen LogP contribution in [0.25, 0.3) is 22.8 Å². The van der Waals surface area contributed by atoms with Crippen LogP contribution in [0.3, 0.4) is 0 Å². The van der Waals surface area contributed by atoms with Gasteiger partial charge in [0.2, 0.25) is 5.82 Å². The van der Waals surface area contributed by atoms with Crippen LogP contribution in [0.2, 0.25) is 10.0 Å². The molecular formula is C23H26Cl2N4O4. The minimum Gasteiger partial charge on any atom is -0.490 e. The molecule has 4 N–H and O–H groups in total. The second-order valence-corrected chi connectivity index (χ2v) is 9.05. The van der Waals surface area contributed by atoms with Crippen molar-refractivity contribution in [3.8, 4) is 28.6 Å². The van der Waals surface area contributed by atoms with E-state index < -0.39 is 5.54 Å². The number of nitrogens with two attached hydrogens (primary N) is 1. The largest absolute Gasteiger partial charge is 0.490 e. The number of rotatable bonds is 9. The maximum atomic E-state index is 9.51. The summed E-state index contributed by atoms with van der Waals surface area (Å²) in [6.45, 7) is 3.04. The van der Waals surface area contributed by atoms with Gasteiger partial charge in [0.1, 0.15) is 0 Å². The van der Waals surface area contributed by atoms with Gasteiger partial charge in [-0.25, -0.2) is 0 Å². The van der Waals surface area contributed by atoms with Gasteiger partial charge in [-0.05, 0) is 48.7 Å². The van der Waals surface area contributed by atoms with Gasteiger partial charge in [-0.2, -0.15) is 4.98 Å². The van der Waals surface area contributed by atoms with Crippen molar-refractivity contribution in [3.63, 3.8) is 0 Å². The number of hydrogen-bond donors (Lipinski definition) is 3. The fraction of sp³-hybridized carbons (Fsp3) is 0.391. The maximum absolute atomic E-state index is 9.51. The van der Waals surface area contributed by atoms with Gasteiger partial charge in [-0.3, -0.25) is 0 Å². The van der Waals surface area contributed by atoms with Crippen LogP contribution in [0.4, 0.5) is 5.69 Å². The molecule has 0 atom stereocenters. The molecule has 176 valence electrons. The van der Waals surface area contributed by atoms with Crippen molar-refractivity contribution in [2.75, 3.05) is 37.8 Å². The van der Waals surface area contributed by atoms with E-state index in [9.17, 15) is 10.2 Å². The standard InChI is InChI=1S/C23H26Cl2N4O4/c1-2-7-32-20-17(24)9-16(10-18(20)25)22-27-21(28-33-22)15-3-4-19-14(8-15)5-6-29(19)11-23(26,12-30)13-31/h3-4,8-10,30-31H,2,5-7,11-13,26H2,1H3. The highest BCUT2D eigenvalue weighted by atomic mass is 35.5. The zero-order valence-corrected chi connectivity index (χ0v) is 19.7. The predicted octanol–water partition coefficient (Wildman–Crippen LogP) is 3.54. The molecule has 0 aliphatic carbocycles. The normalized spacial score (nSPS) is 13.5. The van der Waals surface area contributed by atoms with E-state index in [1.807, 2.05) is 25.1 Å². The van der Waals surface area contributed by atoms with E-state index in [0.717, 1.165) is 36.2 Å². The monoisotopic (exact) mass is 492 g/mol. The molecule has 0 bridgehead atoms. The Bertz CT molecular complexity index is 1110. The second-order valence-electron chi connectivity index (χ2n) is 8.23. The molecule has 2 heterocycles. The van der Waals surface area contributed by atoms with E-state index in [0.29, 0.717) is 46.2 Å². The SMILES string of the molecule is CCCOc1c(Cl)cc(-c2nc(-c3ccc4c(c3)CCN4CC(N)(CO)CO)no2)cc1Cl. The number of benzene rings is 2. The Kier molecular flexibility index (Phi) is 7.11. The third-order valence-electron chi connectivity index (χ3n) is 5.59. The minimum atomic E-state index is -1.05. The summed E-state index contributed by atoms with van der Waals surface area (Å²) < 4.78 is 11.1. The van der Waals surface area contributed by atoms with E-state index in [2.05, 4.69) is 15.0 Å². The van der Waals surface area contributed by atoms with Crippen LogP contribution in [0.5, 0.6) is 5.75 Å². The zero-order valence-electron chi connectivity index (χ0n) is 18.2. The van der Waals surface area contributed by atoms with Crippen LogP contribution in [0, 0.1) is 0 Å². The molecule has 0 unspecified atom stereocenters. The summed E-state index contributed by atoms with van der Waals surface area (Å²) >= 11 is 12.7. The Morgan fingerprint density at radius 3 is 2.55 bits per heavy atom. The summed E-state index contributed by atoms with van der Waals surface area (Å²) in [6.07, 6.45) is 1.65. The zero-order chi connectivity index (χ0) is 23.6. The fourth-order valence-electron chi connectivity index (χ4n) is 3.79. The Balaban J connectivity index is 1.55. The number of anilines is 1. The molecule has 8 nitrogen and oxygen atoms in total. The highest BCUT2D eigenvalue weighted by Gasteiger charge is 2.30. The van der Waals surface area contributed by atoms with Crippen molar-refractivity contribution in [3.05, 3.63) is 45.9 Å². The van der Waals surface area contributed by atoms with Crippen molar-refractivity contribution < 1.29 is 19.5 Å². The quantitative estimate of drug-likeness (QED) is 0.414. The van der Waals surface area contributed by atoms with Crippen molar-refractivity contribution in [2.45, 2.75) is 25.3 Å². The maximum Gasteiger partial charge on any atom is 0.258 e. The molecule has 0 fully saturated rings. The van der Waals surface area contributed by atoms with Crippen LogP contribution >= 0.6 is 23.2 Å². The van der Waals surface area contributed by atoms with E-state index in [4.69, 9.17) is 38.2 Å². The topological polar surface area (TPSA) is 118 Å². The third kappa shape index (κ3) is 4.95.